The number of aryl methyl sites for hydroxylation is 2. The topological polar surface area (TPSA) is 88.6 Å². The maximum absolute atomic E-state index is 12.6. The summed E-state index contributed by atoms with van der Waals surface area (Å²) in [6.07, 6.45) is 5.81. The molecule has 0 bridgehead atoms. The summed E-state index contributed by atoms with van der Waals surface area (Å²) < 4.78 is 30.8. The number of hydrogen-bond donors (Lipinski definition) is 1. The number of nitrogens with zero attached hydrogens (tertiary/aromatic N) is 2. The molecule has 1 fully saturated rings. The molecule has 2 aliphatic rings. The molecule has 3 rings (SSSR count). The van der Waals surface area contributed by atoms with E-state index in [1.165, 1.54) is 18.4 Å². The fourth-order valence-corrected chi connectivity index (χ4v) is 4.47. The third kappa shape index (κ3) is 4.19. The Morgan fingerprint density at radius 2 is 2.08 bits per heavy atom. The smallest absolute Gasteiger partial charge is 0.253 e. The van der Waals surface area contributed by atoms with Crippen molar-refractivity contribution in [3.8, 4) is 0 Å². The number of pyridine rings is 1. The van der Waals surface area contributed by atoms with Gasteiger partial charge in [-0.15, -0.1) is 0 Å². The molecule has 2 heterocycles. The van der Waals surface area contributed by atoms with Crippen LogP contribution < -0.4 is 5.32 Å². The zero-order valence-electron chi connectivity index (χ0n) is 14.7. The minimum atomic E-state index is -3.34. The van der Waals surface area contributed by atoms with Crippen LogP contribution in [0.4, 0.5) is 0 Å². The third-order valence-corrected chi connectivity index (χ3v) is 6.89. The van der Waals surface area contributed by atoms with Gasteiger partial charge in [0, 0.05) is 31.9 Å². The summed E-state index contributed by atoms with van der Waals surface area (Å²) in [6, 6.07) is 1.61. The molecule has 1 aromatic rings. The first-order chi connectivity index (χ1) is 11.9. The Hall–Kier alpha value is -1.51. The number of amides is 1. The Labute approximate surface area is 148 Å². The lowest BCUT2D eigenvalue weighted by Gasteiger charge is -2.21. The normalized spacial score (nSPS) is 23.5. The van der Waals surface area contributed by atoms with Crippen molar-refractivity contribution in [1.29, 1.82) is 0 Å². The number of ether oxygens (including phenoxy) is 1. The van der Waals surface area contributed by atoms with Gasteiger partial charge in [0.1, 0.15) is 0 Å². The van der Waals surface area contributed by atoms with E-state index in [4.69, 9.17) is 4.74 Å². The van der Waals surface area contributed by atoms with E-state index < -0.39 is 10.0 Å². The molecule has 1 amide bonds. The molecule has 1 aliphatic heterocycles. The standard InChI is InChI=1S/C17H25N3O4S/c1-20(2)25(22,23)11-14-9-24-10-16(14)19-17(21)13-7-12-5-3-4-6-15(12)18-8-13/h7-8,14,16H,3-6,9-11H2,1-2H3,(H,19,21)/t14-,16-/m0/s1. The summed E-state index contributed by atoms with van der Waals surface area (Å²) in [6.45, 7) is 0.665. The number of sulfonamides is 1. The van der Waals surface area contributed by atoms with E-state index in [-0.39, 0.29) is 23.6 Å². The van der Waals surface area contributed by atoms with Crippen LogP contribution in [0.15, 0.2) is 12.3 Å². The maximum Gasteiger partial charge on any atom is 0.253 e. The fourth-order valence-electron chi connectivity index (χ4n) is 3.31. The lowest BCUT2D eigenvalue weighted by atomic mass is 9.95. The first-order valence-electron chi connectivity index (χ1n) is 8.63. The highest BCUT2D eigenvalue weighted by molar-refractivity contribution is 7.89. The maximum atomic E-state index is 12.6. The number of carbonyl (C=O) groups is 1. The molecular formula is C17H25N3O4S. The first-order valence-corrected chi connectivity index (χ1v) is 10.2. The van der Waals surface area contributed by atoms with Crippen molar-refractivity contribution in [2.45, 2.75) is 31.7 Å². The van der Waals surface area contributed by atoms with Crippen LogP contribution in [0, 0.1) is 5.92 Å². The Bertz CT molecular complexity index is 748. The predicted octanol–water partition coefficient (Wildman–Crippen LogP) is 0.597. The highest BCUT2D eigenvalue weighted by Crippen LogP contribution is 2.21. The van der Waals surface area contributed by atoms with Gasteiger partial charge in [0.25, 0.3) is 5.91 Å². The molecule has 8 heteroatoms. The highest BCUT2D eigenvalue weighted by Gasteiger charge is 2.34. The van der Waals surface area contributed by atoms with E-state index in [9.17, 15) is 13.2 Å². The van der Waals surface area contributed by atoms with Crippen LogP contribution >= 0.6 is 0 Å². The van der Waals surface area contributed by atoms with Crippen molar-refractivity contribution in [2.75, 3.05) is 33.1 Å². The van der Waals surface area contributed by atoms with Crippen LogP contribution in [0.25, 0.3) is 0 Å². The molecule has 0 saturated carbocycles. The van der Waals surface area contributed by atoms with E-state index in [0.29, 0.717) is 18.8 Å². The number of aromatic nitrogens is 1. The Morgan fingerprint density at radius 1 is 1.32 bits per heavy atom. The van der Waals surface area contributed by atoms with Crippen molar-refractivity contribution < 1.29 is 17.9 Å². The van der Waals surface area contributed by atoms with E-state index in [2.05, 4.69) is 10.3 Å². The molecule has 2 atom stereocenters. The van der Waals surface area contributed by atoms with Gasteiger partial charge in [0.15, 0.2) is 0 Å². The van der Waals surface area contributed by atoms with Gasteiger partial charge in [-0.05, 0) is 37.3 Å². The Kier molecular flexibility index (Phi) is 5.41. The Morgan fingerprint density at radius 3 is 2.84 bits per heavy atom. The van der Waals surface area contributed by atoms with Gasteiger partial charge in [-0.3, -0.25) is 9.78 Å². The molecule has 1 aromatic heterocycles. The minimum Gasteiger partial charge on any atom is -0.379 e. The summed E-state index contributed by atoms with van der Waals surface area (Å²) in [5.41, 5.74) is 2.76. The zero-order valence-corrected chi connectivity index (χ0v) is 15.5. The van der Waals surface area contributed by atoms with E-state index in [0.717, 1.165) is 36.9 Å². The van der Waals surface area contributed by atoms with Crippen LogP contribution in [-0.2, 0) is 27.6 Å². The van der Waals surface area contributed by atoms with E-state index in [1.54, 1.807) is 6.20 Å². The average Bonchev–Trinajstić information content (AvgIpc) is 3.00. The van der Waals surface area contributed by atoms with Crippen LogP contribution in [-0.4, -0.2) is 62.7 Å². The zero-order chi connectivity index (χ0) is 18.0. The second-order valence-corrected chi connectivity index (χ2v) is 9.20. The van der Waals surface area contributed by atoms with Crippen molar-refractivity contribution >= 4 is 15.9 Å². The second-order valence-electron chi connectivity index (χ2n) is 6.98. The van der Waals surface area contributed by atoms with Crippen molar-refractivity contribution in [3.63, 3.8) is 0 Å². The van der Waals surface area contributed by atoms with Crippen LogP contribution in [0.2, 0.25) is 0 Å². The number of fused-ring (bicyclic) bond motifs is 1. The largest absolute Gasteiger partial charge is 0.379 e. The summed E-state index contributed by atoms with van der Waals surface area (Å²) in [7, 11) is -0.315. The van der Waals surface area contributed by atoms with Crippen LogP contribution in [0.1, 0.15) is 34.5 Å². The summed E-state index contributed by atoms with van der Waals surface area (Å²) in [5.74, 6) is -0.501. The van der Waals surface area contributed by atoms with Gasteiger partial charge in [0.2, 0.25) is 10.0 Å². The van der Waals surface area contributed by atoms with Gasteiger partial charge in [-0.2, -0.15) is 0 Å². The third-order valence-electron chi connectivity index (χ3n) is 4.93. The molecule has 1 saturated heterocycles. The van der Waals surface area contributed by atoms with Gasteiger partial charge in [-0.1, -0.05) is 0 Å². The molecule has 1 aliphatic carbocycles. The molecule has 0 spiro atoms. The molecule has 7 nitrogen and oxygen atoms in total. The predicted molar refractivity (Wildman–Crippen MR) is 93.9 cm³/mol. The number of nitrogens with one attached hydrogen (secondary N) is 1. The number of rotatable bonds is 5. The SMILES string of the molecule is CN(C)S(=O)(=O)C[C@@H]1COC[C@@H]1NC(=O)c1cnc2c(c1)CCCC2. The average molecular weight is 367 g/mol. The quantitative estimate of drug-likeness (QED) is 0.823. The van der Waals surface area contributed by atoms with E-state index in [1.807, 2.05) is 6.07 Å². The van der Waals surface area contributed by atoms with Crippen molar-refractivity contribution in [2.24, 2.45) is 5.92 Å². The Balaban J connectivity index is 1.67. The van der Waals surface area contributed by atoms with Crippen molar-refractivity contribution in [3.05, 3.63) is 29.1 Å². The molecular weight excluding hydrogens is 342 g/mol. The molecule has 0 aromatic carbocycles. The highest BCUT2D eigenvalue weighted by atomic mass is 32.2. The van der Waals surface area contributed by atoms with Crippen LogP contribution in [0.5, 0.6) is 0 Å². The second kappa shape index (κ2) is 7.39. The minimum absolute atomic E-state index is 0.0343. The molecule has 0 radical (unpaired) electrons. The van der Waals surface area contributed by atoms with Gasteiger partial charge < -0.3 is 10.1 Å². The van der Waals surface area contributed by atoms with Crippen molar-refractivity contribution in [1.82, 2.24) is 14.6 Å². The molecule has 1 N–H and O–H groups in total. The first kappa shape index (κ1) is 18.3. The lowest BCUT2D eigenvalue weighted by Crippen LogP contribution is -2.43. The molecule has 25 heavy (non-hydrogen) atoms. The number of hydrogen-bond acceptors (Lipinski definition) is 5. The lowest BCUT2D eigenvalue weighted by molar-refractivity contribution is 0.0925. The van der Waals surface area contributed by atoms with Gasteiger partial charge in [0.05, 0.1) is 30.6 Å². The van der Waals surface area contributed by atoms with Gasteiger partial charge in [-0.25, -0.2) is 12.7 Å². The van der Waals surface area contributed by atoms with Gasteiger partial charge >= 0.3 is 0 Å². The summed E-state index contributed by atoms with van der Waals surface area (Å²) in [4.78, 5) is 17.0. The fraction of sp³-hybridized carbons (Fsp3) is 0.647. The molecule has 0 unspecified atom stereocenters. The summed E-state index contributed by atoms with van der Waals surface area (Å²) >= 11 is 0. The summed E-state index contributed by atoms with van der Waals surface area (Å²) in [5, 5.41) is 2.93. The monoisotopic (exact) mass is 367 g/mol. The van der Waals surface area contributed by atoms with Crippen LogP contribution in [0.3, 0.4) is 0 Å². The van der Waals surface area contributed by atoms with E-state index >= 15 is 0 Å². The number of carbonyl (C=O) groups excluding carboxylic acids is 1. The molecule has 138 valence electrons.